The molecule has 0 aromatic heterocycles. The molecular weight excluding hydrogens is 218 g/mol. The molecule has 1 atom stereocenters. The Morgan fingerprint density at radius 2 is 2.00 bits per heavy atom. The Labute approximate surface area is 101 Å². The molecule has 2 nitrogen and oxygen atoms in total. The highest BCUT2D eigenvalue weighted by Gasteiger charge is 2.33. The zero-order chi connectivity index (χ0) is 11.1. The van der Waals surface area contributed by atoms with Gasteiger partial charge in [0.1, 0.15) is 0 Å². The lowest BCUT2D eigenvalue weighted by molar-refractivity contribution is -0.117. The minimum absolute atomic E-state index is 0.194. The molecule has 1 aromatic rings. The third-order valence-electron chi connectivity index (χ3n) is 3.35. The largest absolute Gasteiger partial charge is 0.311 e. The van der Waals surface area contributed by atoms with Crippen molar-refractivity contribution in [3.8, 4) is 0 Å². The summed E-state index contributed by atoms with van der Waals surface area (Å²) < 4.78 is 0. The summed E-state index contributed by atoms with van der Waals surface area (Å²) in [5.41, 5.74) is 2.46. The van der Waals surface area contributed by atoms with Crippen LogP contribution in [-0.4, -0.2) is 17.7 Å². The van der Waals surface area contributed by atoms with E-state index in [1.807, 2.05) is 11.0 Å². The molecule has 1 heterocycles. The number of anilines is 1. The average molecular weight is 233 g/mol. The molecule has 0 spiro atoms. The molecule has 3 heteroatoms. The van der Waals surface area contributed by atoms with E-state index in [0.717, 1.165) is 12.2 Å². The molecule has 16 heavy (non-hydrogen) atoms. The van der Waals surface area contributed by atoms with Crippen LogP contribution in [-0.2, 0) is 4.79 Å². The summed E-state index contributed by atoms with van der Waals surface area (Å²) in [6.07, 6.45) is 3.11. The van der Waals surface area contributed by atoms with Crippen LogP contribution in [0.5, 0.6) is 0 Å². The van der Waals surface area contributed by atoms with Crippen molar-refractivity contribution in [1.82, 2.24) is 0 Å². The van der Waals surface area contributed by atoms with Crippen LogP contribution < -0.4 is 4.90 Å². The molecule has 84 valence electrons. The van der Waals surface area contributed by atoms with Gasteiger partial charge in [-0.3, -0.25) is 4.79 Å². The zero-order valence-corrected chi connectivity index (χ0v) is 9.99. The first kappa shape index (κ1) is 10.2. The lowest BCUT2D eigenvalue weighted by atomic mass is 10.1. The van der Waals surface area contributed by atoms with Gasteiger partial charge < -0.3 is 4.90 Å². The topological polar surface area (TPSA) is 20.3 Å². The SMILES string of the molecule is O=C1CC(S)CN1c1ccccc1C1CC1. The third kappa shape index (κ3) is 1.73. The minimum atomic E-state index is 0.194. The summed E-state index contributed by atoms with van der Waals surface area (Å²) in [5.74, 6) is 0.899. The van der Waals surface area contributed by atoms with E-state index < -0.39 is 0 Å². The van der Waals surface area contributed by atoms with Crippen LogP contribution in [0.1, 0.15) is 30.7 Å². The Bertz CT molecular complexity index is 428. The molecular formula is C13H15NOS. The number of carbonyl (C=O) groups excluding carboxylic acids is 1. The maximum atomic E-state index is 11.9. The molecule has 1 aliphatic heterocycles. The Balaban J connectivity index is 1.96. The van der Waals surface area contributed by atoms with E-state index in [-0.39, 0.29) is 11.2 Å². The van der Waals surface area contributed by atoms with Crippen LogP contribution in [0, 0.1) is 0 Å². The van der Waals surface area contributed by atoms with Gasteiger partial charge in [-0.25, -0.2) is 0 Å². The van der Waals surface area contributed by atoms with Gasteiger partial charge in [0.2, 0.25) is 5.91 Å². The number of carbonyl (C=O) groups is 1. The molecule has 0 N–H and O–H groups in total. The first-order valence-corrected chi connectivity index (χ1v) is 6.34. The van der Waals surface area contributed by atoms with Crippen molar-refractivity contribution in [2.75, 3.05) is 11.4 Å². The minimum Gasteiger partial charge on any atom is -0.311 e. The summed E-state index contributed by atoms with van der Waals surface area (Å²) in [5, 5.41) is 0.194. The molecule has 3 rings (SSSR count). The maximum absolute atomic E-state index is 11.9. The molecule has 1 aliphatic carbocycles. The third-order valence-corrected chi connectivity index (χ3v) is 3.70. The Kier molecular flexibility index (Phi) is 2.43. The second kappa shape index (κ2) is 3.81. The molecule has 1 saturated heterocycles. The highest BCUT2D eigenvalue weighted by atomic mass is 32.1. The van der Waals surface area contributed by atoms with Crippen LogP contribution in [0.4, 0.5) is 5.69 Å². The Morgan fingerprint density at radius 3 is 2.62 bits per heavy atom. The zero-order valence-electron chi connectivity index (χ0n) is 9.10. The summed E-state index contributed by atoms with van der Waals surface area (Å²) in [4.78, 5) is 13.8. The van der Waals surface area contributed by atoms with Gasteiger partial charge in [0.15, 0.2) is 0 Å². The number of benzene rings is 1. The van der Waals surface area contributed by atoms with Crippen molar-refractivity contribution in [2.24, 2.45) is 0 Å². The fourth-order valence-corrected chi connectivity index (χ4v) is 2.71. The lowest BCUT2D eigenvalue weighted by Crippen LogP contribution is -2.25. The highest BCUT2D eigenvalue weighted by Crippen LogP contribution is 2.45. The van der Waals surface area contributed by atoms with Gasteiger partial charge in [-0.2, -0.15) is 12.6 Å². The molecule has 1 saturated carbocycles. The average Bonchev–Trinajstić information content (AvgIpc) is 3.05. The molecule has 1 amide bonds. The highest BCUT2D eigenvalue weighted by molar-refractivity contribution is 7.81. The van der Waals surface area contributed by atoms with Crippen molar-refractivity contribution in [3.63, 3.8) is 0 Å². The van der Waals surface area contributed by atoms with E-state index in [9.17, 15) is 4.79 Å². The Morgan fingerprint density at radius 1 is 1.25 bits per heavy atom. The van der Waals surface area contributed by atoms with E-state index in [1.165, 1.54) is 18.4 Å². The number of thiol groups is 1. The van der Waals surface area contributed by atoms with Gasteiger partial charge in [0.25, 0.3) is 0 Å². The molecule has 2 fully saturated rings. The monoisotopic (exact) mass is 233 g/mol. The van der Waals surface area contributed by atoms with Gasteiger partial charge >= 0.3 is 0 Å². The van der Waals surface area contributed by atoms with E-state index >= 15 is 0 Å². The van der Waals surface area contributed by atoms with Crippen LogP contribution in [0.2, 0.25) is 0 Å². The fourth-order valence-electron chi connectivity index (χ4n) is 2.39. The molecule has 0 radical (unpaired) electrons. The Hall–Kier alpha value is -0.960. The number of para-hydroxylation sites is 1. The van der Waals surface area contributed by atoms with Gasteiger partial charge in [-0.15, -0.1) is 0 Å². The second-order valence-electron chi connectivity index (χ2n) is 4.70. The van der Waals surface area contributed by atoms with Crippen LogP contribution >= 0.6 is 12.6 Å². The number of amides is 1. The predicted molar refractivity (Wildman–Crippen MR) is 68.2 cm³/mol. The van der Waals surface area contributed by atoms with E-state index in [2.05, 4.69) is 30.8 Å². The molecule has 1 unspecified atom stereocenters. The van der Waals surface area contributed by atoms with E-state index in [1.54, 1.807) is 0 Å². The summed E-state index contributed by atoms with van der Waals surface area (Å²) in [6, 6.07) is 8.31. The van der Waals surface area contributed by atoms with Crippen molar-refractivity contribution in [1.29, 1.82) is 0 Å². The fraction of sp³-hybridized carbons (Fsp3) is 0.462. The van der Waals surface area contributed by atoms with E-state index in [0.29, 0.717) is 12.3 Å². The normalized spacial score (nSPS) is 25.2. The smallest absolute Gasteiger partial charge is 0.228 e. The summed E-state index contributed by atoms with van der Waals surface area (Å²) >= 11 is 4.40. The first-order valence-electron chi connectivity index (χ1n) is 5.83. The lowest BCUT2D eigenvalue weighted by Gasteiger charge is -2.19. The van der Waals surface area contributed by atoms with Crippen molar-refractivity contribution in [3.05, 3.63) is 29.8 Å². The number of hydrogen-bond donors (Lipinski definition) is 1. The quantitative estimate of drug-likeness (QED) is 0.779. The van der Waals surface area contributed by atoms with Gasteiger partial charge in [0, 0.05) is 23.9 Å². The van der Waals surface area contributed by atoms with Crippen molar-refractivity contribution >= 4 is 24.2 Å². The summed E-state index contributed by atoms with van der Waals surface area (Å²) in [6.45, 7) is 0.756. The maximum Gasteiger partial charge on any atom is 0.228 e. The van der Waals surface area contributed by atoms with Crippen molar-refractivity contribution in [2.45, 2.75) is 30.4 Å². The molecule has 2 aliphatic rings. The van der Waals surface area contributed by atoms with E-state index in [4.69, 9.17) is 0 Å². The molecule has 0 bridgehead atoms. The van der Waals surface area contributed by atoms with Gasteiger partial charge in [0.05, 0.1) is 0 Å². The van der Waals surface area contributed by atoms with Crippen LogP contribution in [0.25, 0.3) is 0 Å². The number of nitrogens with zero attached hydrogens (tertiary/aromatic N) is 1. The standard InChI is InChI=1S/C13H15NOS/c15-13-7-10(16)8-14(13)12-4-2-1-3-11(12)9-5-6-9/h1-4,9-10,16H,5-8H2. The predicted octanol–water partition coefficient (Wildman–Crippen LogP) is 2.60. The van der Waals surface area contributed by atoms with Crippen LogP contribution in [0.15, 0.2) is 24.3 Å². The first-order chi connectivity index (χ1) is 7.75. The van der Waals surface area contributed by atoms with Gasteiger partial charge in [-0.1, -0.05) is 18.2 Å². The van der Waals surface area contributed by atoms with Gasteiger partial charge in [-0.05, 0) is 30.4 Å². The summed E-state index contributed by atoms with van der Waals surface area (Å²) in [7, 11) is 0. The van der Waals surface area contributed by atoms with Crippen molar-refractivity contribution < 1.29 is 4.79 Å². The second-order valence-corrected chi connectivity index (χ2v) is 5.43. The number of rotatable bonds is 2. The number of hydrogen-bond acceptors (Lipinski definition) is 2. The molecule has 1 aromatic carbocycles. The van der Waals surface area contributed by atoms with Crippen LogP contribution in [0.3, 0.4) is 0 Å².